The maximum atomic E-state index is 12.4. The van der Waals surface area contributed by atoms with E-state index in [0.29, 0.717) is 30.3 Å². The Kier molecular flexibility index (Phi) is 4.64. The molecule has 1 aromatic heterocycles. The lowest BCUT2D eigenvalue weighted by molar-refractivity contribution is 0.0678. The Balaban J connectivity index is 1.56. The number of carboxylic acid groups (broad SMARTS) is 1. The average molecular weight is 327 g/mol. The van der Waals surface area contributed by atoms with Gasteiger partial charge in [-0.15, -0.1) is 0 Å². The first-order chi connectivity index (χ1) is 11.5. The van der Waals surface area contributed by atoms with Crippen molar-refractivity contribution < 1.29 is 14.7 Å². The lowest BCUT2D eigenvalue weighted by atomic mass is 9.89. The molecule has 1 fully saturated rings. The SMILES string of the molecule is Cc1cc(C(=O)N2CCC(Cc3cccc(C(=O)O)c3)CC2)n[nH]1. The van der Waals surface area contributed by atoms with Gasteiger partial charge >= 0.3 is 5.97 Å². The first-order valence-electron chi connectivity index (χ1n) is 8.16. The number of carboxylic acids is 1. The number of nitrogens with zero attached hydrogens (tertiary/aromatic N) is 2. The average Bonchev–Trinajstić information content (AvgIpc) is 3.01. The van der Waals surface area contributed by atoms with E-state index in [2.05, 4.69) is 10.2 Å². The molecular formula is C18H21N3O3. The first kappa shape index (κ1) is 16.2. The van der Waals surface area contributed by atoms with Gasteiger partial charge in [0, 0.05) is 18.8 Å². The van der Waals surface area contributed by atoms with E-state index in [9.17, 15) is 9.59 Å². The molecule has 0 aliphatic carbocycles. The molecule has 6 nitrogen and oxygen atoms in total. The highest BCUT2D eigenvalue weighted by molar-refractivity contribution is 5.92. The van der Waals surface area contributed by atoms with Crippen LogP contribution in [0.4, 0.5) is 0 Å². The maximum Gasteiger partial charge on any atom is 0.335 e. The molecule has 2 N–H and O–H groups in total. The Morgan fingerprint density at radius 1 is 1.29 bits per heavy atom. The van der Waals surface area contributed by atoms with Crippen molar-refractivity contribution in [2.24, 2.45) is 5.92 Å². The fourth-order valence-electron chi connectivity index (χ4n) is 3.19. The van der Waals surface area contributed by atoms with Crippen LogP contribution in [0.15, 0.2) is 30.3 Å². The van der Waals surface area contributed by atoms with E-state index in [1.807, 2.05) is 17.9 Å². The Labute approximate surface area is 140 Å². The molecule has 0 bridgehead atoms. The maximum absolute atomic E-state index is 12.4. The van der Waals surface area contributed by atoms with E-state index < -0.39 is 5.97 Å². The number of likely N-dealkylation sites (tertiary alicyclic amines) is 1. The number of hydrogen-bond acceptors (Lipinski definition) is 3. The smallest absolute Gasteiger partial charge is 0.335 e. The fourth-order valence-corrected chi connectivity index (χ4v) is 3.19. The molecule has 0 saturated carbocycles. The van der Waals surface area contributed by atoms with Gasteiger partial charge < -0.3 is 10.0 Å². The fraction of sp³-hybridized carbons (Fsp3) is 0.389. The molecule has 6 heteroatoms. The quantitative estimate of drug-likeness (QED) is 0.903. The molecule has 24 heavy (non-hydrogen) atoms. The zero-order valence-electron chi connectivity index (χ0n) is 13.7. The highest BCUT2D eigenvalue weighted by Gasteiger charge is 2.25. The number of aromatic amines is 1. The van der Waals surface area contributed by atoms with Gasteiger partial charge in [-0.25, -0.2) is 4.79 Å². The van der Waals surface area contributed by atoms with Crippen LogP contribution in [0.2, 0.25) is 0 Å². The number of aromatic carboxylic acids is 1. The molecule has 0 spiro atoms. The van der Waals surface area contributed by atoms with E-state index in [-0.39, 0.29) is 5.91 Å². The second kappa shape index (κ2) is 6.86. The van der Waals surface area contributed by atoms with Crippen molar-refractivity contribution >= 4 is 11.9 Å². The van der Waals surface area contributed by atoms with Crippen LogP contribution < -0.4 is 0 Å². The van der Waals surface area contributed by atoms with Crippen molar-refractivity contribution in [3.8, 4) is 0 Å². The number of nitrogens with one attached hydrogen (secondary N) is 1. The van der Waals surface area contributed by atoms with Crippen molar-refractivity contribution in [2.45, 2.75) is 26.2 Å². The number of aryl methyl sites for hydroxylation is 1. The van der Waals surface area contributed by atoms with Crippen LogP contribution in [0.1, 0.15) is 44.9 Å². The lowest BCUT2D eigenvalue weighted by Crippen LogP contribution is -2.39. The van der Waals surface area contributed by atoms with Gasteiger partial charge in [0.1, 0.15) is 5.69 Å². The number of H-pyrrole nitrogens is 1. The second-order valence-electron chi connectivity index (χ2n) is 6.38. The number of rotatable bonds is 4. The highest BCUT2D eigenvalue weighted by atomic mass is 16.4. The van der Waals surface area contributed by atoms with E-state index in [4.69, 9.17) is 5.11 Å². The minimum Gasteiger partial charge on any atom is -0.478 e. The van der Waals surface area contributed by atoms with E-state index in [1.165, 1.54) is 0 Å². The van der Waals surface area contributed by atoms with Gasteiger partial charge in [0.15, 0.2) is 0 Å². The molecular weight excluding hydrogens is 306 g/mol. The summed E-state index contributed by atoms with van der Waals surface area (Å²) in [5.74, 6) is -0.448. The van der Waals surface area contributed by atoms with Crippen LogP contribution in [0.25, 0.3) is 0 Å². The van der Waals surface area contributed by atoms with E-state index in [1.54, 1.807) is 24.3 Å². The summed E-state index contributed by atoms with van der Waals surface area (Å²) in [4.78, 5) is 25.3. The first-order valence-corrected chi connectivity index (χ1v) is 8.16. The minimum absolute atomic E-state index is 0.0225. The summed E-state index contributed by atoms with van der Waals surface area (Å²) in [6, 6.07) is 8.88. The van der Waals surface area contributed by atoms with Crippen molar-refractivity contribution in [2.75, 3.05) is 13.1 Å². The van der Waals surface area contributed by atoms with Gasteiger partial charge in [-0.1, -0.05) is 12.1 Å². The summed E-state index contributed by atoms with van der Waals surface area (Å²) in [7, 11) is 0. The Morgan fingerprint density at radius 2 is 2.04 bits per heavy atom. The molecule has 0 radical (unpaired) electrons. The van der Waals surface area contributed by atoms with Crippen LogP contribution >= 0.6 is 0 Å². The van der Waals surface area contributed by atoms with Crippen LogP contribution in [-0.4, -0.2) is 45.2 Å². The third kappa shape index (κ3) is 3.64. The van der Waals surface area contributed by atoms with Gasteiger partial charge in [0.25, 0.3) is 5.91 Å². The minimum atomic E-state index is -0.897. The molecule has 126 valence electrons. The van der Waals surface area contributed by atoms with Crippen molar-refractivity contribution in [3.05, 3.63) is 52.8 Å². The number of aromatic nitrogens is 2. The zero-order valence-corrected chi connectivity index (χ0v) is 13.7. The highest BCUT2D eigenvalue weighted by Crippen LogP contribution is 2.23. The number of amides is 1. The van der Waals surface area contributed by atoms with Crippen molar-refractivity contribution in [3.63, 3.8) is 0 Å². The summed E-state index contributed by atoms with van der Waals surface area (Å²) in [6.07, 6.45) is 2.70. The van der Waals surface area contributed by atoms with Crippen LogP contribution in [0.5, 0.6) is 0 Å². The summed E-state index contributed by atoms with van der Waals surface area (Å²) in [5.41, 5.74) is 2.73. The molecule has 0 atom stereocenters. The Bertz CT molecular complexity index is 745. The van der Waals surface area contributed by atoms with E-state index >= 15 is 0 Å². The molecule has 2 aromatic rings. The summed E-state index contributed by atoms with van der Waals surface area (Å²) >= 11 is 0. The molecule has 1 aromatic carbocycles. The lowest BCUT2D eigenvalue weighted by Gasteiger charge is -2.31. The van der Waals surface area contributed by atoms with Crippen molar-refractivity contribution in [1.29, 1.82) is 0 Å². The number of benzene rings is 1. The normalized spacial score (nSPS) is 15.5. The number of hydrogen-bond donors (Lipinski definition) is 2. The predicted octanol–water partition coefficient (Wildman–Crippen LogP) is 2.51. The third-order valence-electron chi connectivity index (χ3n) is 4.53. The third-order valence-corrected chi connectivity index (χ3v) is 4.53. The molecule has 0 unspecified atom stereocenters. The molecule has 1 aliphatic heterocycles. The predicted molar refractivity (Wildman–Crippen MR) is 89.1 cm³/mol. The molecule has 1 aliphatic rings. The van der Waals surface area contributed by atoms with Crippen molar-refractivity contribution in [1.82, 2.24) is 15.1 Å². The molecule has 2 heterocycles. The topological polar surface area (TPSA) is 86.3 Å². The Morgan fingerprint density at radius 3 is 2.67 bits per heavy atom. The van der Waals surface area contributed by atoms with Gasteiger partial charge in [-0.05, 0) is 55.9 Å². The number of carbonyl (C=O) groups is 2. The zero-order chi connectivity index (χ0) is 17.1. The van der Waals surface area contributed by atoms with Gasteiger partial charge in [-0.2, -0.15) is 5.10 Å². The number of carbonyl (C=O) groups excluding carboxylic acids is 1. The summed E-state index contributed by atoms with van der Waals surface area (Å²) < 4.78 is 0. The second-order valence-corrected chi connectivity index (χ2v) is 6.38. The molecule has 3 rings (SSSR count). The Hall–Kier alpha value is -2.63. The van der Waals surface area contributed by atoms with Gasteiger partial charge in [0.2, 0.25) is 0 Å². The molecule has 1 amide bonds. The van der Waals surface area contributed by atoms with Crippen LogP contribution in [0.3, 0.4) is 0 Å². The molecule has 1 saturated heterocycles. The largest absolute Gasteiger partial charge is 0.478 e. The number of piperidine rings is 1. The monoisotopic (exact) mass is 327 g/mol. The summed E-state index contributed by atoms with van der Waals surface area (Å²) in [6.45, 7) is 3.31. The van der Waals surface area contributed by atoms with Crippen LogP contribution in [-0.2, 0) is 6.42 Å². The van der Waals surface area contributed by atoms with Gasteiger partial charge in [0.05, 0.1) is 5.56 Å². The van der Waals surface area contributed by atoms with E-state index in [0.717, 1.165) is 30.5 Å². The standard InChI is InChI=1S/C18H21N3O3/c1-12-9-16(20-19-12)17(22)21-7-5-13(6-8-21)10-14-3-2-4-15(11-14)18(23)24/h2-4,9,11,13H,5-8,10H2,1H3,(H,19,20)(H,23,24). The van der Waals surface area contributed by atoms with Gasteiger partial charge in [-0.3, -0.25) is 9.89 Å². The summed E-state index contributed by atoms with van der Waals surface area (Å²) in [5, 5.41) is 15.9. The van der Waals surface area contributed by atoms with Crippen LogP contribution in [0, 0.1) is 12.8 Å².